The van der Waals surface area contributed by atoms with Crippen molar-refractivity contribution in [2.24, 2.45) is 5.92 Å². The molecule has 0 unspecified atom stereocenters. The summed E-state index contributed by atoms with van der Waals surface area (Å²) in [6.07, 6.45) is 3.62. The molecule has 2 aromatic rings. The Bertz CT molecular complexity index is 922. The molecular weight excluding hydrogens is 404 g/mol. The molecule has 7 nitrogen and oxygen atoms in total. The summed E-state index contributed by atoms with van der Waals surface area (Å²) >= 11 is 5.82. The first-order chi connectivity index (χ1) is 14.4. The summed E-state index contributed by atoms with van der Waals surface area (Å²) in [5.41, 5.74) is 0.903. The number of amides is 2. The quantitative estimate of drug-likeness (QED) is 0.681. The lowest BCUT2D eigenvalue weighted by atomic mass is 9.95. The molecule has 2 amide bonds. The molecule has 0 radical (unpaired) electrons. The van der Waals surface area contributed by atoms with Gasteiger partial charge in [0.2, 0.25) is 5.91 Å². The predicted octanol–water partition coefficient (Wildman–Crippen LogP) is 3.86. The highest BCUT2D eigenvalue weighted by Crippen LogP contribution is 2.24. The van der Waals surface area contributed by atoms with E-state index in [2.05, 4.69) is 34.4 Å². The molecule has 1 aromatic carbocycles. The van der Waals surface area contributed by atoms with Gasteiger partial charge in [-0.1, -0.05) is 11.6 Å². The SMILES string of the molecule is CC(C)N1CCC(C(=O)Nc2ccc(C=O)cc2C(=O)Nc2ccc(Cl)cn2)CC1. The normalized spacial score (nSPS) is 15.1. The summed E-state index contributed by atoms with van der Waals surface area (Å²) in [7, 11) is 0. The number of hydrogen-bond acceptors (Lipinski definition) is 5. The Morgan fingerprint density at radius 1 is 1.17 bits per heavy atom. The van der Waals surface area contributed by atoms with Gasteiger partial charge in [-0.2, -0.15) is 0 Å². The third-order valence-electron chi connectivity index (χ3n) is 5.28. The van der Waals surface area contributed by atoms with Gasteiger partial charge in [-0.05, 0) is 70.1 Å². The number of nitrogens with one attached hydrogen (secondary N) is 2. The standard InChI is InChI=1S/C22H25ClN4O3/c1-14(2)27-9-7-16(8-10-27)21(29)25-19-5-3-15(13-28)11-18(19)22(30)26-20-6-4-17(23)12-24-20/h3-6,11-14,16H,7-10H2,1-2H3,(H,25,29)(H,24,26,30). The second kappa shape index (κ2) is 9.82. The number of piperidine rings is 1. The fraction of sp³-hybridized carbons (Fsp3) is 0.364. The molecule has 30 heavy (non-hydrogen) atoms. The van der Waals surface area contributed by atoms with E-state index < -0.39 is 5.91 Å². The number of carbonyl (C=O) groups excluding carboxylic acids is 3. The van der Waals surface area contributed by atoms with Crippen LogP contribution < -0.4 is 10.6 Å². The van der Waals surface area contributed by atoms with Gasteiger partial charge in [0.05, 0.1) is 16.3 Å². The summed E-state index contributed by atoms with van der Waals surface area (Å²) in [6.45, 7) is 6.04. The van der Waals surface area contributed by atoms with E-state index in [1.807, 2.05) is 0 Å². The number of aldehydes is 1. The molecule has 3 rings (SSSR count). The number of anilines is 2. The van der Waals surface area contributed by atoms with E-state index in [1.54, 1.807) is 24.3 Å². The average molecular weight is 429 g/mol. The molecule has 0 aliphatic carbocycles. The minimum atomic E-state index is -0.474. The summed E-state index contributed by atoms with van der Waals surface area (Å²) in [5, 5.41) is 5.99. The Hall–Kier alpha value is -2.77. The van der Waals surface area contributed by atoms with Crippen LogP contribution in [0.25, 0.3) is 0 Å². The van der Waals surface area contributed by atoms with Crippen LogP contribution in [-0.2, 0) is 4.79 Å². The predicted molar refractivity (Wildman–Crippen MR) is 117 cm³/mol. The van der Waals surface area contributed by atoms with Gasteiger partial charge in [-0.15, -0.1) is 0 Å². The van der Waals surface area contributed by atoms with Crippen LogP contribution >= 0.6 is 11.6 Å². The van der Waals surface area contributed by atoms with Crippen molar-refractivity contribution in [2.75, 3.05) is 23.7 Å². The van der Waals surface area contributed by atoms with Crippen LogP contribution in [0.15, 0.2) is 36.5 Å². The van der Waals surface area contributed by atoms with Crippen LogP contribution in [0, 0.1) is 5.92 Å². The van der Waals surface area contributed by atoms with Gasteiger partial charge >= 0.3 is 0 Å². The molecule has 1 aliphatic rings. The highest BCUT2D eigenvalue weighted by atomic mass is 35.5. The Labute approximate surface area is 180 Å². The lowest BCUT2D eigenvalue weighted by Gasteiger charge is -2.34. The first kappa shape index (κ1) is 21.9. The zero-order chi connectivity index (χ0) is 21.7. The Kier molecular flexibility index (Phi) is 7.18. The summed E-state index contributed by atoms with van der Waals surface area (Å²) in [6, 6.07) is 8.25. The average Bonchev–Trinajstić information content (AvgIpc) is 2.75. The van der Waals surface area contributed by atoms with E-state index in [0.717, 1.165) is 25.9 Å². The van der Waals surface area contributed by atoms with Crippen molar-refractivity contribution in [2.45, 2.75) is 32.7 Å². The molecule has 0 spiro atoms. The van der Waals surface area contributed by atoms with Crippen molar-refractivity contribution in [1.29, 1.82) is 0 Å². The smallest absolute Gasteiger partial charge is 0.258 e. The second-order valence-electron chi connectivity index (χ2n) is 7.63. The number of aromatic nitrogens is 1. The van der Waals surface area contributed by atoms with Crippen LogP contribution in [0.4, 0.5) is 11.5 Å². The molecule has 1 aromatic heterocycles. The van der Waals surface area contributed by atoms with Gasteiger partial charge in [0.25, 0.3) is 5.91 Å². The van der Waals surface area contributed by atoms with Crippen molar-refractivity contribution in [3.05, 3.63) is 52.7 Å². The maximum absolute atomic E-state index is 12.8. The molecular formula is C22H25ClN4O3. The maximum Gasteiger partial charge on any atom is 0.258 e. The fourth-order valence-electron chi connectivity index (χ4n) is 3.48. The first-order valence-electron chi connectivity index (χ1n) is 9.94. The van der Waals surface area contributed by atoms with Gasteiger partial charge in [0.15, 0.2) is 0 Å². The molecule has 158 valence electrons. The minimum Gasteiger partial charge on any atom is -0.325 e. The van der Waals surface area contributed by atoms with Gasteiger partial charge in [-0.25, -0.2) is 4.98 Å². The molecule has 0 bridgehead atoms. The maximum atomic E-state index is 12.8. The molecule has 0 atom stereocenters. The second-order valence-corrected chi connectivity index (χ2v) is 8.07. The van der Waals surface area contributed by atoms with Gasteiger partial charge in [0.1, 0.15) is 12.1 Å². The molecule has 8 heteroatoms. The van der Waals surface area contributed by atoms with Gasteiger partial charge in [0, 0.05) is 23.7 Å². The van der Waals surface area contributed by atoms with Crippen molar-refractivity contribution >= 4 is 41.2 Å². The van der Waals surface area contributed by atoms with Gasteiger partial charge in [-0.3, -0.25) is 14.4 Å². The number of hydrogen-bond donors (Lipinski definition) is 2. The summed E-state index contributed by atoms with van der Waals surface area (Å²) in [5.74, 6) is -0.381. The number of carbonyl (C=O) groups is 3. The van der Waals surface area contributed by atoms with E-state index in [1.165, 1.54) is 12.3 Å². The van der Waals surface area contributed by atoms with Crippen LogP contribution in [0.3, 0.4) is 0 Å². The number of rotatable bonds is 6. The van der Waals surface area contributed by atoms with Crippen LogP contribution in [0.1, 0.15) is 47.4 Å². The zero-order valence-electron chi connectivity index (χ0n) is 17.0. The third-order valence-corrected chi connectivity index (χ3v) is 5.51. The van der Waals surface area contributed by atoms with Crippen LogP contribution in [0.2, 0.25) is 5.02 Å². The first-order valence-corrected chi connectivity index (χ1v) is 10.3. The van der Waals surface area contributed by atoms with Crippen molar-refractivity contribution in [1.82, 2.24) is 9.88 Å². The minimum absolute atomic E-state index is 0.111. The van der Waals surface area contributed by atoms with Crippen molar-refractivity contribution in [3.8, 4) is 0 Å². The van der Waals surface area contributed by atoms with Gasteiger partial charge < -0.3 is 15.5 Å². The number of nitrogens with zero attached hydrogens (tertiary/aromatic N) is 2. The molecule has 1 aliphatic heterocycles. The lowest BCUT2D eigenvalue weighted by Crippen LogP contribution is -2.41. The number of likely N-dealkylation sites (tertiary alicyclic amines) is 1. The van der Waals surface area contributed by atoms with E-state index >= 15 is 0 Å². The third kappa shape index (κ3) is 5.43. The molecule has 0 saturated carbocycles. The van der Waals surface area contributed by atoms with E-state index in [-0.39, 0.29) is 17.4 Å². The van der Waals surface area contributed by atoms with Crippen LogP contribution in [0.5, 0.6) is 0 Å². The Balaban J connectivity index is 1.74. The molecule has 1 fully saturated rings. The van der Waals surface area contributed by atoms with E-state index in [4.69, 9.17) is 11.6 Å². The largest absolute Gasteiger partial charge is 0.325 e. The topological polar surface area (TPSA) is 91.4 Å². The zero-order valence-corrected chi connectivity index (χ0v) is 17.8. The molecule has 1 saturated heterocycles. The summed E-state index contributed by atoms with van der Waals surface area (Å²) in [4.78, 5) is 43.2. The number of halogens is 1. The number of pyridine rings is 1. The van der Waals surface area contributed by atoms with Crippen molar-refractivity contribution in [3.63, 3.8) is 0 Å². The highest BCUT2D eigenvalue weighted by molar-refractivity contribution is 6.30. The van der Waals surface area contributed by atoms with E-state index in [0.29, 0.717) is 34.4 Å². The monoisotopic (exact) mass is 428 g/mol. The fourth-order valence-corrected chi connectivity index (χ4v) is 3.59. The molecule has 2 N–H and O–H groups in total. The van der Waals surface area contributed by atoms with Crippen molar-refractivity contribution < 1.29 is 14.4 Å². The Morgan fingerprint density at radius 2 is 1.90 bits per heavy atom. The molecule has 2 heterocycles. The highest BCUT2D eigenvalue weighted by Gasteiger charge is 2.27. The Morgan fingerprint density at radius 3 is 2.50 bits per heavy atom. The van der Waals surface area contributed by atoms with Crippen LogP contribution in [-0.4, -0.2) is 47.1 Å². The summed E-state index contributed by atoms with van der Waals surface area (Å²) < 4.78 is 0. The van der Waals surface area contributed by atoms with E-state index in [9.17, 15) is 14.4 Å². The number of benzene rings is 1. The lowest BCUT2D eigenvalue weighted by molar-refractivity contribution is -0.121.